The van der Waals surface area contributed by atoms with Gasteiger partial charge in [0.1, 0.15) is 11.5 Å². The molecule has 0 spiro atoms. The van der Waals surface area contributed by atoms with Crippen molar-refractivity contribution >= 4 is 43.4 Å². The zero-order valence-electron chi connectivity index (χ0n) is 14.3. The Kier molecular flexibility index (Phi) is 5.56. The molecule has 0 saturated heterocycles. The van der Waals surface area contributed by atoms with Gasteiger partial charge in [-0.2, -0.15) is 4.99 Å². The van der Waals surface area contributed by atoms with Crippen LogP contribution in [0.1, 0.15) is 28.8 Å². The van der Waals surface area contributed by atoms with E-state index in [0.29, 0.717) is 41.6 Å². The minimum Gasteiger partial charge on any atom is -0.466 e. The van der Waals surface area contributed by atoms with Gasteiger partial charge in [-0.25, -0.2) is 0 Å². The Bertz CT molecular complexity index is 984. The smallest absolute Gasteiger partial charge is 0.283 e. The molecule has 132 valence electrons. The Morgan fingerprint density at radius 2 is 2.16 bits per heavy atom. The quantitative estimate of drug-likeness (QED) is 0.570. The molecule has 0 bridgehead atoms. The van der Waals surface area contributed by atoms with Crippen LogP contribution in [0.5, 0.6) is 0 Å². The van der Waals surface area contributed by atoms with Gasteiger partial charge in [0.05, 0.1) is 22.4 Å². The lowest BCUT2D eigenvalue weighted by atomic mass is 10.2. The van der Waals surface area contributed by atoms with E-state index in [9.17, 15) is 4.79 Å². The molecule has 25 heavy (non-hydrogen) atoms. The molecule has 1 aromatic carbocycles. The molecule has 0 radical (unpaired) electrons. The van der Waals surface area contributed by atoms with E-state index in [2.05, 4.69) is 20.9 Å². The van der Waals surface area contributed by atoms with E-state index in [1.54, 1.807) is 13.0 Å². The van der Waals surface area contributed by atoms with Crippen molar-refractivity contribution in [2.24, 2.45) is 4.99 Å². The molecule has 0 saturated carbocycles. The van der Waals surface area contributed by atoms with Gasteiger partial charge < -0.3 is 13.7 Å². The molecule has 0 N–H and O–H groups in total. The first-order valence-corrected chi connectivity index (χ1v) is 9.63. The Balaban J connectivity index is 2.08. The number of benzene rings is 1. The Hall–Kier alpha value is -1.70. The van der Waals surface area contributed by atoms with Crippen LogP contribution in [0.4, 0.5) is 0 Å². The van der Waals surface area contributed by atoms with Crippen LogP contribution in [0.25, 0.3) is 10.2 Å². The molecule has 3 aromatic rings. The lowest BCUT2D eigenvalue weighted by Crippen LogP contribution is -2.19. The standard InChI is InChI=1S/C18H19BrN2O3S/c1-4-23-8-7-21-15-6-5-13(19)10-16(15)25-18(21)20-17(22)14-9-11(2)24-12(14)3/h5-6,9-10H,4,7-8H2,1-3H3. The lowest BCUT2D eigenvalue weighted by Gasteiger charge is -2.05. The summed E-state index contributed by atoms with van der Waals surface area (Å²) in [5.41, 5.74) is 1.55. The van der Waals surface area contributed by atoms with Crippen molar-refractivity contribution in [1.29, 1.82) is 0 Å². The summed E-state index contributed by atoms with van der Waals surface area (Å²) < 4.78 is 15.0. The van der Waals surface area contributed by atoms with Crippen LogP contribution in [0.15, 0.2) is 38.1 Å². The second-order valence-electron chi connectivity index (χ2n) is 5.59. The number of carbonyl (C=O) groups excluding carboxylic acids is 1. The van der Waals surface area contributed by atoms with Gasteiger partial charge in [-0.15, -0.1) is 0 Å². The van der Waals surface area contributed by atoms with Crippen LogP contribution in [0.3, 0.4) is 0 Å². The first-order valence-electron chi connectivity index (χ1n) is 8.02. The third-order valence-corrected chi connectivity index (χ3v) is 5.31. The highest BCUT2D eigenvalue weighted by atomic mass is 79.9. The number of thiazole rings is 1. The van der Waals surface area contributed by atoms with Crippen molar-refractivity contribution in [1.82, 2.24) is 4.57 Å². The number of nitrogens with zero attached hydrogens (tertiary/aromatic N) is 2. The molecular formula is C18H19BrN2O3S. The first-order chi connectivity index (χ1) is 12.0. The van der Waals surface area contributed by atoms with Gasteiger partial charge in [-0.3, -0.25) is 4.79 Å². The zero-order valence-corrected chi connectivity index (χ0v) is 16.7. The summed E-state index contributed by atoms with van der Waals surface area (Å²) in [6.45, 7) is 7.44. The number of ether oxygens (including phenoxy) is 1. The third-order valence-electron chi connectivity index (χ3n) is 3.78. The van der Waals surface area contributed by atoms with Crippen molar-refractivity contribution in [2.45, 2.75) is 27.3 Å². The van der Waals surface area contributed by atoms with Gasteiger partial charge in [0, 0.05) is 17.6 Å². The van der Waals surface area contributed by atoms with E-state index in [0.717, 1.165) is 14.7 Å². The number of hydrogen-bond donors (Lipinski definition) is 0. The molecule has 3 rings (SSSR count). The molecule has 2 heterocycles. The van der Waals surface area contributed by atoms with Gasteiger partial charge in [-0.1, -0.05) is 27.3 Å². The van der Waals surface area contributed by atoms with Crippen LogP contribution in [0.2, 0.25) is 0 Å². The van der Waals surface area contributed by atoms with Crippen molar-refractivity contribution < 1.29 is 13.9 Å². The SMILES string of the molecule is CCOCCn1c(=NC(=O)c2cc(C)oc2C)sc2cc(Br)ccc21. The molecule has 7 heteroatoms. The second kappa shape index (κ2) is 7.68. The minimum absolute atomic E-state index is 0.287. The molecule has 0 unspecified atom stereocenters. The van der Waals surface area contributed by atoms with Gasteiger partial charge in [0.25, 0.3) is 5.91 Å². The number of aromatic nitrogens is 1. The molecule has 0 fully saturated rings. The molecule has 0 aliphatic rings. The molecule has 1 amide bonds. The first kappa shape index (κ1) is 18.1. The average Bonchev–Trinajstić information content (AvgIpc) is 3.07. The predicted molar refractivity (Wildman–Crippen MR) is 102 cm³/mol. The fraction of sp³-hybridized carbons (Fsp3) is 0.333. The highest BCUT2D eigenvalue weighted by Crippen LogP contribution is 2.22. The number of rotatable bonds is 5. The number of furan rings is 1. The van der Waals surface area contributed by atoms with Gasteiger partial charge in [0.2, 0.25) is 0 Å². The number of aryl methyl sites for hydroxylation is 2. The van der Waals surface area contributed by atoms with Crippen molar-refractivity contribution in [3.63, 3.8) is 0 Å². The number of hydrogen-bond acceptors (Lipinski definition) is 4. The molecule has 0 atom stereocenters. The predicted octanol–water partition coefficient (Wildman–Crippen LogP) is 4.45. The summed E-state index contributed by atoms with van der Waals surface area (Å²) in [6.07, 6.45) is 0. The van der Waals surface area contributed by atoms with E-state index >= 15 is 0 Å². The Labute approximate surface area is 158 Å². The summed E-state index contributed by atoms with van der Waals surface area (Å²) in [5, 5.41) is 0. The van der Waals surface area contributed by atoms with Crippen molar-refractivity contribution in [2.75, 3.05) is 13.2 Å². The monoisotopic (exact) mass is 422 g/mol. The summed E-state index contributed by atoms with van der Waals surface area (Å²) >= 11 is 4.98. The Morgan fingerprint density at radius 3 is 2.84 bits per heavy atom. The molecule has 0 aliphatic heterocycles. The highest BCUT2D eigenvalue weighted by molar-refractivity contribution is 9.10. The summed E-state index contributed by atoms with van der Waals surface area (Å²) in [6, 6.07) is 7.78. The normalized spacial score (nSPS) is 12.2. The number of halogens is 1. The summed E-state index contributed by atoms with van der Waals surface area (Å²) in [4.78, 5) is 17.6. The third kappa shape index (κ3) is 3.94. The summed E-state index contributed by atoms with van der Waals surface area (Å²) in [7, 11) is 0. The highest BCUT2D eigenvalue weighted by Gasteiger charge is 2.14. The van der Waals surface area contributed by atoms with Crippen LogP contribution >= 0.6 is 27.3 Å². The maximum atomic E-state index is 12.6. The number of carbonyl (C=O) groups is 1. The molecule has 2 aromatic heterocycles. The van der Waals surface area contributed by atoms with Gasteiger partial charge in [-0.05, 0) is 45.0 Å². The van der Waals surface area contributed by atoms with Crippen LogP contribution in [0, 0.1) is 13.8 Å². The number of amides is 1. The largest absolute Gasteiger partial charge is 0.466 e. The van der Waals surface area contributed by atoms with Crippen molar-refractivity contribution in [3.8, 4) is 0 Å². The molecule has 0 aliphatic carbocycles. The topological polar surface area (TPSA) is 56.7 Å². The second-order valence-corrected chi connectivity index (χ2v) is 7.51. The van der Waals surface area contributed by atoms with E-state index in [4.69, 9.17) is 9.15 Å². The minimum atomic E-state index is -0.287. The maximum absolute atomic E-state index is 12.6. The molecule has 5 nitrogen and oxygen atoms in total. The zero-order chi connectivity index (χ0) is 18.0. The fourth-order valence-electron chi connectivity index (χ4n) is 2.64. The molecular weight excluding hydrogens is 404 g/mol. The van der Waals surface area contributed by atoms with Crippen LogP contribution in [-0.4, -0.2) is 23.7 Å². The van der Waals surface area contributed by atoms with E-state index in [1.807, 2.05) is 36.6 Å². The summed E-state index contributed by atoms with van der Waals surface area (Å²) in [5.74, 6) is 1.02. The van der Waals surface area contributed by atoms with Gasteiger partial charge >= 0.3 is 0 Å². The lowest BCUT2D eigenvalue weighted by molar-refractivity contribution is 0.0995. The van der Waals surface area contributed by atoms with Crippen LogP contribution < -0.4 is 4.80 Å². The van der Waals surface area contributed by atoms with Crippen molar-refractivity contribution in [3.05, 3.63) is 50.6 Å². The van der Waals surface area contributed by atoms with Crippen LogP contribution in [-0.2, 0) is 11.3 Å². The maximum Gasteiger partial charge on any atom is 0.283 e. The van der Waals surface area contributed by atoms with E-state index < -0.39 is 0 Å². The number of fused-ring (bicyclic) bond motifs is 1. The van der Waals surface area contributed by atoms with E-state index in [-0.39, 0.29) is 5.91 Å². The Morgan fingerprint density at radius 1 is 1.36 bits per heavy atom. The fourth-order valence-corrected chi connectivity index (χ4v) is 4.25. The van der Waals surface area contributed by atoms with E-state index in [1.165, 1.54) is 11.3 Å². The van der Waals surface area contributed by atoms with Gasteiger partial charge in [0.15, 0.2) is 4.80 Å². The average molecular weight is 423 g/mol.